The van der Waals surface area contributed by atoms with Crippen LogP contribution in [0.15, 0.2) is 176 Å². The number of fused-ring (bicyclic) bond motifs is 7. The number of benzene rings is 8. The van der Waals surface area contributed by atoms with Crippen LogP contribution in [0.1, 0.15) is 0 Å². The zero-order valence-electron chi connectivity index (χ0n) is 26.5. The Balaban J connectivity index is 1.33. The summed E-state index contributed by atoms with van der Waals surface area (Å²) >= 11 is 3.78. The molecule has 0 N–H and O–H groups in total. The predicted octanol–water partition coefficient (Wildman–Crippen LogP) is 14.4. The lowest BCUT2D eigenvalue weighted by atomic mass is 9.95. The maximum atomic E-state index is 2.54. The van der Waals surface area contributed by atoms with Gasteiger partial charge in [-0.25, -0.2) is 0 Å². The van der Waals surface area contributed by atoms with E-state index in [1.807, 2.05) is 22.7 Å². The molecule has 0 aliphatic rings. The number of hydrogen-bond acceptors (Lipinski definition) is 3. The molecule has 0 fully saturated rings. The van der Waals surface area contributed by atoms with Gasteiger partial charge in [0.15, 0.2) is 0 Å². The number of thiophene rings is 2. The van der Waals surface area contributed by atoms with Gasteiger partial charge in [0.2, 0.25) is 0 Å². The quantitative estimate of drug-likeness (QED) is 0.178. The largest absolute Gasteiger partial charge is 0.307 e. The fourth-order valence-corrected chi connectivity index (χ4v) is 9.93. The van der Waals surface area contributed by atoms with Crippen LogP contribution in [0.5, 0.6) is 0 Å². The van der Waals surface area contributed by atoms with E-state index in [1.165, 1.54) is 90.4 Å². The van der Waals surface area contributed by atoms with Crippen molar-refractivity contribution in [1.29, 1.82) is 0 Å². The SMILES string of the molecule is c1ccc(-c2ccc(N(c3cccc4c3sc3ccccc34)c3ccc(-c4ccccc4)c4c3sc3ccccc34)c3ccccc23)cc1. The summed E-state index contributed by atoms with van der Waals surface area (Å²) in [5.74, 6) is 0. The average molecular weight is 660 g/mol. The Labute approximate surface area is 292 Å². The fourth-order valence-electron chi connectivity index (χ4n) is 7.49. The van der Waals surface area contributed by atoms with Crippen LogP contribution in [0.25, 0.3) is 73.4 Å². The van der Waals surface area contributed by atoms with Gasteiger partial charge in [0, 0.05) is 36.3 Å². The van der Waals surface area contributed by atoms with Crippen molar-refractivity contribution in [1.82, 2.24) is 0 Å². The minimum atomic E-state index is 1.17. The molecule has 0 spiro atoms. The van der Waals surface area contributed by atoms with E-state index in [1.54, 1.807) is 0 Å². The third kappa shape index (κ3) is 4.51. The van der Waals surface area contributed by atoms with Crippen molar-refractivity contribution in [3.8, 4) is 22.3 Å². The van der Waals surface area contributed by atoms with Crippen LogP contribution in [0.4, 0.5) is 17.1 Å². The van der Waals surface area contributed by atoms with Crippen LogP contribution >= 0.6 is 22.7 Å². The van der Waals surface area contributed by atoms with E-state index in [0.717, 1.165) is 0 Å². The molecule has 230 valence electrons. The second kappa shape index (κ2) is 11.5. The highest BCUT2D eigenvalue weighted by Gasteiger charge is 2.25. The molecule has 0 radical (unpaired) electrons. The van der Waals surface area contributed by atoms with Crippen LogP contribution in [0.3, 0.4) is 0 Å². The predicted molar refractivity (Wildman–Crippen MR) is 215 cm³/mol. The lowest BCUT2D eigenvalue weighted by molar-refractivity contribution is 1.34. The molecule has 0 atom stereocenters. The van der Waals surface area contributed by atoms with Crippen molar-refractivity contribution in [3.63, 3.8) is 0 Å². The molecule has 3 heteroatoms. The minimum Gasteiger partial charge on any atom is -0.307 e. The van der Waals surface area contributed by atoms with Crippen LogP contribution in [0.2, 0.25) is 0 Å². The zero-order valence-corrected chi connectivity index (χ0v) is 28.1. The Hall–Kier alpha value is -5.74. The molecular weight excluding hydrogens is 631 g/mol. The fraction of sp³-hybridized carbons (Fsp3) is 0. The van der Waals surface area contributed by atoms with E-state index in [9.17, 15) is 0 Å². The first-order valence-electron chi connectivity index (χ1n) is 16.6. The van der Waals surface area contributed by atoms with E-state index in [4.69, 9.17) is 0 Å². The summed E-state index contributed by atoms with van der Waals surface area (Å²) < 4.78 is 5.19. The number of rotatable bonds is 5. The lowest BCUT2D eigenvalue weighted by Crippen LogP contribution is -2.11. The van der Waals surface area contributed by atoms with Crippen molar-refractivity contribution < 1.29 is 0 Å². The molecule has 0 unspecified atom stereocenters. The number of hydrogen-bond donors (Lipinski definition) is 0. The molecule has 0 saturated carbocycles. The zero-order chi connectivity index (χ0) is 32.3. The van der Waals surface area contributed by atoms with Gasteiger partial charge in [0.25, 0.3) is 0 Å². The number of nitrogens with zero attached hydrogens (tertiary/aromatic N) is 1. The van der Waals surface area contributed by atoms with E-state index in [0.29, 0.717) is 0 Å². The first-order chi connectivity index (χ1) is 24.3. The van der Waals surface area contributed by atoms with Crippen LogP contribution in [-0.4, -0.2) is 0 Å². The van der Waals surface area contributed by atoms with E-state index in [-0.39, 0.29) is 0 Å². The number of anilines is 3. The smallest absolute Gasteiger partial charge is 0.0641 e. The first-order valence-corrected chi connectivity index (χ1v) is 18.2. The standard InChI is InChI=1S/C46H29NS2/c1-3-14-30(15-4-1)32-26-28-39(35-19-8-7-18-34(32)35)47(40-23-13-22-37-36-20-9-11-24-42(36)48-45(37)40)41-29-27-33(31-16-5-2-6-17-31)44-38-21-10-12-25-43(38)49-46(41)44/h1-29H. The lowest BCUT2D eigenvalue weighted by Gasteiger charge is -2.29. The molecule has 2 heterocycles. The Morgan fingerprint density at radius 2 is 0.816 bits per heavy atom. The average Bonchev–Trinajstić information content (AvgIpc) is 3.76. The molecule has 8 aromatic carbocycles. The summed E-state index contributed by atoms with van der Waals surface area (Å²) in [6.07, 6.45) is 0. The summed E-state index contributed by atoms with van der Waals surface area (Å²) in [6.45, 7) is 0. The Morgan fingerprint density at radius 3 is 1.57 bits per heavy atom. The molecule has 49 heavy (non-hydrogen) atoms. The van der Waals surface area contributed by atoms with Gasteiger partial charge in [-0.2, -0.15) is 0 Å². The third-order valence-corrected chi connectivity index (χ3v) is 12.1. The van der Waals surface area contributed by atoms with E-state index >= 15 is 0 Å². The maximum absolute atomic E-state index is 2.54. The van der Waals surface area contributed by atoms with Gasteiger partial charge in [0.1, 0.15) is 0 Å². The Morgan fingerprint density at radius 1 is 0.306 bits per heavy atom. The molecule has 2 aromatic heterocycles. The summed E-state index contributed by atoms with van der Waals surface area (Å²) in [7, 11) is 0. The molecule has 0 saturated heterocycles. The van der Waals surface area contributed by atoms with Crippen LogP contribution < -0.4 is 4.90 Å². The van der Waals surface area contributed by atoms with Crippen molar-refractivity contribution in [3.05, 3.63) is 176 Å². The highest BCUT2D eigenvalue weighted by atomic mass is 32.1. The Kier molecular flexibility index (Phi) is 6.61. The molecule has 10 aromatic rings. The molecule has 1 nitrogen and oxygen atoms in total. The topological polar surface area (TPSA) is 3.24 Å². The van der Waals surface area contributed by atoms with E-state index < -0.39 is 0 Å². The maximum Gasteiger partial charge on any atom is 0.0641 e. The molecule has 10 rings (SSSR count). The van der Waals surface area contributed by atoms with Crippen molar-refractivity contribution in [2.24, 2.45) is 0 Å². The minimum absolute atomic E-state index is 1.17. The van der Waals surface area contributed by atoms with Gasteiger partial charge in [-0.3, -0.25) is 0 Å². The molecule has 0 aliphatic heterocycles. The van der Waals surface area contributed by atoms with Gasteiger partial charge in [0.05, 0.1) is 26.5 Å². The summed E-state index contributed by atoms with van der Waals surface area (Å²) in [6, 6.07) is 64.3. The van der Waals surface area contributed by atoms with Crippen molar-refractivity contribution in [2.75, 3.05) is 4.90 Å². The highest BCUT2D eigenvalue weighted by Crippen LogP contribution is 2.52. The first kappa shape index (κ1) is 28.3. The van der Waals surface area contributed by atoms with E-state index in [2.05, 4.69) is 181 Å². The van der Waals surface area contributed by atoms with Crippen molar-refractivity contribution in [2.45, 2.75) is 0 Å². The van der Waals surface area contributed by atoms with Gasteiger partial charge >= 0.3 is 0 Å². The molecular formula is C46H29NS2. The van der Waals surface area contributed by atoms with Crippen molar-refractivity contribution >= 4 is 90.9 Å². The highest BCUT2D eigenvalue weighted by molar-refractivity contribution is 7.27. The summed E-state index contributed by atoms with van der Waals surface area (Å²) in [5, 5.41) is 7.67. The summed E-state index contributed by atoms with van der Waals surface area (Å²) in [5.41, 5.74) is 8.53. The van der Waals surface area contributed by atoms with Gasteiger partial charge in [-0.05, 0) is 58.0 Å². The molecule has 0 aliphatic carbocycles. The third-order valence-electron chi connectivity index (χ3n) is 9.68. The second-order valence-corrected chi connectivity index (χ2v) is 14.5. The second-order valence-electron chi connectivity index (χ2n) is 12.4. The monoisotopic (exact) mass is 659 g/mol. The van der Waals surface area contributed by atoms with Gasteiger partial charge < -0.3 is 4.90 Å². The van der Waals surface area contributed by atoms with Gasteiger partial charge in [-0.1, -0.05) is 146 Å². The normalized spacial score (nSPS) is 11.7. The molecule has 0 bridgehead atoms. The van der Waals surface area contributed by atoms with Crippen LogP contribution in [-0.2, 0) is 0 Å². The molecule has 0 amide bonds. The van der Waals surface area contributed by atoms with Crippen LogP contribution in [0, 0.1) is 0 Å². The van der Waals surface area contributed by atoms with Gasteiger partial charge in [-0.15, -0.1) is 22.7 Å². The Bertz CT molecular complexity index is 2830. The summed E-state index contributed by atoms with van der Waals surface area (Å²) in [4.78, 5) is 2.54.